The van der Waals surface area contributed by atoms with Gasteiger partial charge in [-0.1, -0.05) is 127 Å². The topological polar surface area (TPSA) is 30.2 Å². The van der Waals surface area contributed by atoms with Crippen LogP contribution in [0.25, 0.3) is 103 Å². The zero-order chi connectivity index (χ0) is 32.8. The van der Waals surface area contributed by atoms with Gasteiger partial charge in [0.1, 0.15) is 0 Å². The molecule has 11 aromatic rings. The number of aromatic nitrogens is 3. The summed E-state index contributed by atoms with van der Waals surface area (Å²) in [4.78, 5) is 10.2. The van der Waals surface area contributed by atoms with Gasteiger partial charge < -0.3 is 4.40 Å². The zero-order valence-electron chi connectivity index (χ0n) is 26.8. The summed E-state index contributed by atoms with van der Waals surface area (Å²) >= 11 is 1.88. The molecule has 4 aromatic heterocycles. The van der Waals surface area contributed by atoms with E-state index >= 15 is 0 Å². The smallest absolute Gasteiger partial charge is 0.160 e. The molecule has 0 radical (unpaired) electrons. The van der Waals surface area contributed by atoms with Crippen LogP contribution in [0.1, 0.15) is 0 Å². The van der Waals surface area contributed by atoms with Gasteiger partial charge in [-0.05, 0) is 52.6 Å². The molecule has 50 heavy (non-hydrogen) atoms. The Bertz CT molecular complexity index is 3080. The van der Waals surface area contributed by atoms with Crippen molar-refractivity contribution in [3.8, 4) is 33.9 Å². The van der Waals surface area contributed by atoms with Crippen molar-refractivity contribution in [1.82, 2.24) is 14.4 Å². The molecule has 3 nitrogen and oxygen atoms in total. The third-order valence-corrected chi connectivity index (χ3v) is 11.3. The van der Waals surface area contributed by atoms with Crippen molar-refractivity contribution in [1.29, 1.82) is 0 Å². The second kappa shape index (κ2) is 10.6. The van der Waals surface area contributed by atoms with Crippen LogP contribution in [-0.2, 0) is 0 Å². The van der Waals surface area contributed by atoms with Crippen molar-refractivity contribution in [3.05, 3.63) is 164 Å². The zero-order valence-corrected chi connectivity index (χ0v) is 27.7. The number of nitrogens with zero attached hydrogens (tertiary/aromatic N) is 3. The van der Waals surface area contributed by atoms with Gasteiger partial charge in [0, 0.05) is 53.0 Å². The summed E-state index contributed by atoms with van der Waals surface area (Å²) in [5, 5.41) is 10.1. The maximum Gasteiger partial charge on any atom is 0.160 e. The first kappa shape index (κ1) is 27.6. The second-order valence-electron chi connectivity index (χ2n) is 12.9. The molecule has 0 unspecified atom stereocenters. The van der Waals surface area contributed by atoms with E-state index in [1.165, 1.54) is 69.0 Å². The van der Waals surface area contributed by atoms with Gasteiger partial charge in [0.25, 0.3) is 0 Å². The Balaban J connectivity index is 1.29. The standard InChI is InChI=1S/C46H27N3S/c1-3-12-28(13-4-1)37-27-38(48-46(47-37)29-14-5-2-6-15-29)30-24-25-39-36(26-30)35-20-9-19-34-32-17-8-7-16-31(32)33-18-10-22-41-43(33)44-40(49(39)45(34)35)21-11-23-42(44)50-41/h1-27H. The fourth-order valence-corrected chi connectivity index (χ4v) is 9.13. The van der Waals surface area contributed by atoms with Gasteiger partial charge in [0.15, 0.2) is 5.82 Å². The summed E-state index contributed by atoms with van der Waals surface area (Å²) < 4.78 is 5.13. The van der Waals surface area contributed by atoms with E-state index in [1.807, 2.05) is 35.6 Å². The lowest BCUT2D eigenvalue weighted by Gasteiger charge is -2.10. The first-order chi connectivity index (χ1) is 24.8. The summed E-state index contributed by atoms with van der Waals surface area (Å²) in [5.74, 6) is 0.720. The van der Waals surface area contributed by atoms with E-state index in [1.54, 1.807) is 0 Å². The fourth-order valence-electron chi connectivity index (χ4n) is 7.98. The van der Waals surface area contributed by atoms with Crippen LogP contribution in [0.15, 0.2) is 164 Å². The van der Waals surface area contributed by atoms with E-state index in [-0.39, 0.29) is 0 Å². The molecule has 0 saturated carbocycles. The molecule has 0 aliphatic carbocycles. The minimum Gasteiger partial charge on any atom is -0.308 e. The number of hydrogen-bond acceptors (Lipinski definition) is 3. The van der Waals surface area contributed by atoms with E-state index in [9.17, 15) is 0 Å². The first-order valence-corrected chi connectivity index (χ1v) is 17.7. The summed E-state index contributed by atoms with van der Waals surface area (Å²) in [6.45, 7) is 0. The number of para-hydroxylation sites is 1. The molecule has 7 aromatic carbocycles. The molecule has 0 bridgehead atoms. The molecule has 0 fully saturated rings. The monoisotopic (exact) mass is 653 g/mol. The summed E-state index contributed by atoms with van der Waals surface area (Å²) in [6.07, 6.45) is 0. The van der Waals surface area contributed by atoms with Gasteiger partial charge in [-0.3, -0.25) is 0 Å². The Labute approximate surface area is 291 Å². The van der Waals surface area contributed by atoms with Crippen molar-refractivity contribution in [3.63, 3.8) is 0 Å². The van der Waals surface area contributed by atoms with Crippen LogP contribution in [-0.4, -0.2) is 14.4 Å². The first-order valence-electron chi connectivity index (χ1n) is 16.9. The second-order valence-corrected chi connectivity index (χ2v) is 14.0. The van der Waals surface area contributed by atoms with Gasteiger partial charge in [-0.25, -0.2) is 9.97 Å². The van der Waals surface area contributed by atoms with Crippen molar-refractivity contribution >= 4 is 80.4 Å². The van der Waals surface area contributed by atoms with Crippen molar-refractivity contribution < 1.29 is 0 Å². The molecular formula is C46H27N3S. The minimum atomic E-state index is 0.720. The lowest BCUT2D eigenvalue weighted by Crippen LogP contribution is -1.95. The highest BCUT2D eigenvalue weighted by molar-refractivity contribution is 7.26. The van der Waals surface area contributed by atoms with Crippen LogP contribution < -0.4 is 0 Å². The van der Waals surface area contributed by atoms with Gasteiger partial charge in [0.2, 0.25) is 0 Å². The Morgan fingerprint density at radius 2 is 0.960 bits per heavy atom. The summed E-state index contributed by atoms with van der Waals surface area (Å²) in [5.41, 5.74) is 8.56. The molecule has 11 rings (SSSR count). The van der Waals surface area contributed by atoms with E-state index in [0.717, 1.165) is 33.9 Å². The van der Waals surface area contributed by atoms with Crippen LogP contribution in [0.5, 0.6) is 0 Å². The summed E-state index contributed by atoms with van der Waals surface area (Å²) in [7, 11) is 0. The number of fused-ring (bicyclic) bond motifs is 7. The average Bonchev–Trinajstić information content (AvgIpc) is 3.75. The molecule has 4 heterocycles. The third-order valence-electron chi connectivity index (χ3n) is 10.2. The van der Waals surface area contributed by atoms with Crippen molar-refractivity contribution in [2.75, 3.05) is 0 Å². The quantitative estimate of drug-likeness (QED) is 0.190. The highest BCUT2D eigenvalue weighted by Crippen LogP contribution is 2.44. The fraction of sp³-hybridized carbons (Fsp3) is 0. The molecule has 0 atom stereocenters. The van der Waals surface area contributed by atoms with Gasteiger partial charge in [-0.15, -0.1) is 11.3 Å². The van der Waals surface area contributed by atoms with E-state index < -0.39 is 0 Å². The molecule has 0 aliphatic heterocycles. The van der Waals surface area contributed by atoms with Gasteiger partial charge >= 0.3 is 0 Å². The lowest BCUT2D eigenvalue weighted by atomic mass is 10.0. The van der Waals surface area contributed by atoms with Crippen LogP contribution in [0, 0.1) is 0 Å². The van der Waals surface area contributed by atoms with E-state index in [4.69, 9.17) is 9.97 Å². The number of thiophene rings is 1. The molecule has 0 aliphatic rings. The highest BCUT2D eigenvalue weighted by Gasteiger charge is 2.19. The maximum atomic E-state index is 5.17. The molecule has 0 saturated heterocycles. The van der Waals surface area contributed by atoms with Gasteiger partial charge in [-0.2, -0.15) is 0 Å². The van der Waals surface area contributed by atoms with Crippen LogP contribution in [0.2, 0.25) is 0 Å². The number of benzene rings is 7. The van der Waals surface area contributed by atoms with Crippen molar-refractivity contribution in [2.24, 2.45) is 0 Å². The predicted octanol–water partition coefficient (Wildman–Crippen LogP) is 12.7. The van der Waals surface area contributed by atoms with Crippen LogP contribution in [0.3, 0.4) is 0 Å². The predicted molar refractivity (Wildman–Crippen MR) is 212 cm³/mol. The third kappa shape index (κ3) is 3.97. The Morgan fingerprint density at radius 1 is 0.380 bits per heavy atom. The van der Waals surface area contributed by atoms with Crippen LogP contribution >= 0.6 is 11.3 Å². The SMILES string of the molecule is c1ccc(-c2cc(-c3ccc4c(c3)c3cccc5c6ccccc6c6cccc7sc8cccc(c8c76)n4c53)nc(-c3ccccc3)n2)cc1. The molecular weight excluding hydrogens is 627 g/mol. The maximum absolute atomic E-state index is 5.17. The molecule has 232 valence electrons. The molecule has 0 spiro atoms. The minimum absolute atomic E-state index is 0.720. The molecule has 0 N–H and O–H groups in total. The Kier molecular flexibility index (Phi) is 5.83. The molecule has 0 amide bonds. The largest absolute Gasteiger partial charge is 0.308 e. The van der Waals surface area contributed by atoms with Gasteiger partial charge in [0.05, 0.1) is 27.9 Å². The Morgan fingerprint density at radius 3 is 1.74 bits per heavy atom. The Hall–Kier alpha value is -6.36. The lowest BCUT2D eigenvalue weighted by molar-refractivity contribution is 1.18. The van der Waals surface area contributed by atoms with E-state index in [0.29, 0.717) is 0 Å². The number of hydrogen-bond donors (Lipinski definition) is 0. The average molecular weight is 654 g/mol. The summed E-state index contributed by atoms with van der Waals surface area (Å²) in [6, 6.07) is 58.9. The van der Waals surface area contributed by atoms with E-state index in [2.05, 4.69) is 144 Å². The normalized spacial score (nSPS) is 12.0. The molecule has 4 heteroatoms. The van der Waals surface area contributed by atoms with Crippen LogP contribution in [0.4, 0.5) is 0 Å². The number of rotatable bonds is 3. The highest BCUT2D eigenvalue weighted by atomic mass is 32.1. The van der Waals surface area contributed by atoms with Crippen molar-refractivity contribution in [2.45, 2.75) is 0 Å².